The maximum Gasteiger partial charge on any atom is 0.323 e. The van der Waals surface area contributed by atoms with Gasteiger partial charge in [0.1, 0.15) is 6.54 Å². The van der Waals surface area contributed by atoms with E-state index in [1.54, 1.807) is 54.6 Å². The van der Waals surface area contributed by atoms with Crippen LogP contribution in [0.15, 0.2) is 124 Å². The summed E-state index contributed by atoms with van der Waals surface area (Å²) < 4.78 is 122. The summed E-state index contributed by atoms with van der Waals surface area (Å²) in [5.74, 6) is -3.27. The molecular formula is C79H101Cl6N11O18S3. The maximum absolute atomic E-state index is 13.5. The van der Waals surface area contributed by atoms with Crippen molar-refractivity contribution < 1.29 is 82.8 Å². The number of carboxylic acids is 1. The third kappa shape index (κ3) is 29.4. The normalized spacial score (nSPS) is 16.5. The standard InChI is InChI=1S/C79H101Cl6N11O18S3/c1-94-47-65(62-40-56(80)43-71(83)68(62)50-94)53-7-4-10-59(37-53)115(103,104)90-22-28-112-34-31-109-25-19-86-74(97)13-16-79(93-78(102)89-46-77(100)101,17-14-75(98)87-20-26-110-32-35-113-29-23-91-116(105,106)60-11-5-8-54(38-60)66-48-95(2)51-69-63(66)41-57(81)44-72(69)84)18-15-76(99)88-21-27-111-33-36-114-30-24-92-117(107,108)61-12-6-9-55(39-61)67-49-96(3)52-70-64(67)42-58(82)45-73(70)85/h4-12,37-45,65-67,90-92H,13-36,46-52H2,1-3H3,(H,86,97)(H,87,98)(H,88,99)(H,100,101)(H2,89,93,102). The van der Waals surface area contributed by atoms with E-state index in [-0.39, 0.29) is 190 Å². The molecule has 0 saturated heterocycles. The molecule has 117 heavy (non-hydrogen) atoms. The van der Waals surface area contributed by atoms with Gasteiger partial charge in [0.25, 0.3) is 0 Å². The van der Waals surface area contributed by atoms with Gasteiger partial charge in [-0.15, -0.1) is 0 Å². The largest absolute Gasteiger partial charge is 0.480 e. The number of ether oxygens (including phenoxy) is 6. The summed E-state index contributed by atoms with van der Waals surface area (Å²) in [4.78, 5) is 72.2. The average molecular weight is 1800 g/mol. The van der Waals surface area contributed by atoms with E-state index in [2.05, 4.69) is 55.4 Å². The lowest BCUT2D eigenvalue weighted by Crippen LogP contribution is -2.54. The zero-order valence-corrected chi connectivity index (χ0v) is 72.3. The van der Waals surface area contributed by atoms with Gasteiger partial charge in [-0.05, 0) is 163 Å². The van der Waals surface area contributed by atoms with Gasteiger partial charge in [-0.1, -0.05) is 106 Å². The molecule has 3 aliphatic rings. The minimum absolute atomic E-state index is 0.0278. The van der Waals surface area contributed by atoms with Crippen LogP contribution in [-0.4, -0.2) is 246 Å². The molecule has 0 aliphatic carbocycles. The van der Waals surface area contributed by atoms with Gasteiger partial charge in [-0.2, -0.15) is 0 Å². The van der Waals surface area contributed by atoms with Gasteiger partial charge in [0.05, 0.1) is 94.0 Å². The van der Waals surface area contributed by atoms with Crippen LogP contribution in [0.2, 0.25) is 30.1 Å². The number of sulfonamides is 3. The zero-order chi connectivity index (χ0) is 84.3. The molecule has 3 aliphatic heterocycles. The lowest BCUT2D eigenvalue weighted by Gasteiger charge is -2.35. The third-order valence-electron chi connectivity index (χ3n) is 19.9. The summed E-state index contributed by atoms with van der Waals surface area (Å²) in [6.07, 6.45) is -1.03. The molecule has 3 heterocycles. The summed E-state index contributed by atoms with van der Waals surface area (Å²) in [7, 11) is -5.87. The van der Waals surface area contributed by atoms with E-state index in [1.807, 2.05) is 57.5 Å². The van der Waals surface area contributed by atoms with Crippen LogP contribution in [0.1, 0.15) is 106 Å². The van der Waals surface area contributed by atoms with Crippen LogP contribution in [0.3, 0.4) is 0 Å². The first-order valence-corrected chi connectivity index (χ1v) is 44.9. The Bertz CT molecular complexity index is 4320. The highest BCUT2D eigenvalue weighted by atomic mass is 35.5. The molecule has 5 amide bonds. The van der Waals surface area contributed by atoms with E-state index in [1.165, 1.54) is 18.2 Å². The van der Waals surface area contributed by atoms with Gasteiger partial charge in [0.15, 0.2) is 0 Å². The smallest absolute Gasteiger partial charge is 0.323 e. The molecule has 6 aromatic carbocycles. The number of amides is 5. The molecule has 0 aromatic heterocycles. The number of hydrogen-bond acceptors (Lipinski definition) is 20. The first kappa shape index (κ1) is 94.4. The van der Waals surface area contributed by atoms with Crippen LogP contribution in [0.25, 0.3) is 0 Å². The van der Waals surface area contributed by atoms with E-state index in [9.17, 15) is 54.3 Å². The summed E-state index contributed by atoms with van der Waals surface area (Å²) in [5, 5.41) is 25.9. The Kier molecular flexibility index (Phi) is 37.1. The molecule has 3 unspecified atom stereocenters. The first-order valence-electron chi connectivity index (χ1n) is 38.2. The molecule has 6 aromatic rings. The Morgan fingerprint density at radius 1 is 0.402 bits per heavy atom. The van der Waals surface area contributed by atoms with E-state index in [0.717, 1.165) is 50.1 Å². The average Bonchev–Trinajstić information content (AvgIpc) is 0.781. The fraction of sp³-hybridized carbons (Fsp3) is 0.481. The highest BCUT2D eigenvalue weighted by Crippen LogP contribution is 2.42. The molecule has 29 nitrogen and oxygen atoms in total. The number of hydrogen-bond donors (Lipinski definition) is 9. The van der Waals surface area contributed by atoms with Gasteiger partial charge in [0.2, 0.25) is 47.8 Å². The van der Waals surface area contributed by atoms with Gasteiger partial charge < -0.3 is 74.8 Å². The number of rotatable bonds is 48. The van der Waals surface area contributed by atoms with Crippen LogP contribution < -0.4 is 40.8 Å². The van der Waals surface area contributed by atoms with Crippen LogP contribution >= 0.6 is 69.6 Å². The molecule has 0 spiro atoms. The fourth-order valence-electron chi connectivity index (χ4n) is 14.2. The van der Waals surface area contributed by atoms with Gasteiger partial charge in [-0.25, -0.2) is 44.2 Å². The topological polar surface area (TPSA) is 369 Å². The second-order valence-corrected chi connectivity index (χ2v) is 36.6. The molecule has 9 rings (SSSR count). The number of carboxylic acid groups (broad SMARTS) is 1. The Morgan fingerprint density at radius 2 is 0.684 bits per heavy atom. The summed E-state index contributed by atoms with van der Waals surface area (Å²) >= 11 is 38.9. The lowest BCUT2D eigenvalue weighted by atomic mass is 9.83. The predicted octanol–water partition coefficient (Wildman–Crippen LogP) is 8.49. The number of urea groups is 1. The monoisotopic (exact) mass is 1800 g/mol. The van der Waals surface area contributed by atoms with Crippen LogP contribution in [-0.2, 0) is 97.3 Å². The number of likely N-dealkylation sites (N-methyl/N-ethyl adjacent to an activating group) is 3. The fourth-order valence-corrected chi connectivity index (χ4v) is 19.1. The molecule has 0 fully saturated rings. The summed E-state index contributed by atoms with van der Waals surface area (Å²) in [6.45, 7) is 3.96. The molecule has 0 radical (unpaired) electrons. The number of benzene rings is 6. The number of aliphatic carboxylic acids is 1. The van der Waals surface area contributed by atoms with Gasteiger partial charge >= 0.3 is 12.0 Å². The van der Waals surface area contributed by atoms with E-state index in [4.69, 9.17) is 98.0 Å². The lowest BCUT2D eigenvalue weighted by molar-refractivity contribution is -0.135. The summed E-state index contributed by atoms with van der Waals surface area (Å²) in [5.41, 5.74) is 6.59. The molecule has 0 saturated carbocycles. The Hall–Kier alpha value is -6.42. The van der Waals surface area contributed by atoms with Crippen molar-refractivity contribution in [3.8, 4) is 0 Å². The number of carbonyl (C=O) groups excluding carboxylic acids is 4. The van der Waals surface area contributed by atoms with Crippen molar-refractivity contribution in [1.29, 1.82) is 0 Å². The molecule has 38 heteroatoms. The van der Waals surface area contributed by atoms with Crippen molar-refractivity contribution in [3.05, 3.63) is 189 Å². The number of halogens is 6. The minimum atomic E-state index is -3.93. The SMILES string of the molecule is CN1Cc2c(Cl)cc(Cl)cc2C(c2cccc(S(=O)(=O)NCCOCCOCCNC(=O)CCC(CCC(=O)NCCOCCOCCNS(=O)(=O)c3cccc(C4CN(C)Cc5c(Cl)cc(Cl)cc54)c3)(CCC(=O)NCCOCCOCCNS(=O)(=O)c3cccc(C4CN(C)Cc5c(Cl)cc(Cl)cc54)c3)NC(=O)NCC(=O)O)c2)C1. The second kappa shape index (κ2) is 46.0. The van der Waals surface area contributed by atoms with E-state index >= 15 is 0 Å². The van der Waals surface area contributed by atoms with Crippen molar-refractivity contribution >= 4 is 129 Å². The Morgan fingerprint density at radius 3 is 0.966 bits per heavy atom. The van der Waals surface area contributed by atoms with E-state index < -0.39 is 71.9 Å². The van der Waals surface area contributed by atoms with Crippen molar-refractivity contribution in [1.82, 2.24) is 55.4 Å². The van der Waals surface area contributed by atoms with Gasteiger partial charge in [0, 0.05) is 151 Å². The van der Waals surface area contributed by atoms with Crippen molar-refractivity contribution in [2.45, 2.75) is 96.1 Å². The quantitative estimate of drug-likeness (QED) is 0.0162. The second-order valence-electron chi connectivity index (χ2n) is 28.7. The van der Waals surface area contributed by atoms with Crippen LogP contribution in [0.4, 0.5) is 4.79 Å². The highest BCUT2D eigenvalue weighted by Gasteiger charge is 2.36. The minimum Gasteiger partial charge on any atom is -0.480 e. The third-order valence-corrected chi connectivity index (χ3v) is 25.9. The molecular weight excluding hydrogens is 1700 g/mol. The van der Waals surface area contributed by atoms with E-state index in [0.29, 0.717) is 69.4 Å². The van der Waals surface area contributed by atoms with Gasteiger partial charge in [-0.3, -0.25) is 19.2 Å². The number of fused-ring (bicyclic) bond motifs is 3. The molecule has 9 N–H and O–H groups in total. The van der Waals surface area contributed by atoms with Crippen LogP contribution in [0, 0.1) is 0 Å². The Labute approximate surface area is 713 Å². The molecule has 3 atom stereocenters. The van der Waals surface area contributed by atoms with Crippen molar-refractivity contribution in [2.75, 3.05) is 166 Å². The first-order chi connectivity index (χ1) is 55.9. The molecule has 640 valence electrons. The maximum atomic E-state index is 13.5. The predicted molar refractivity (Wildman–Crippen MR) is 447 cm³/mol. The molecule has 0 bridgehead atoms. The zero-order valence-electron chi connectivity index (χ0n) is 65.3. The number of nitrogens with one attached hydrogen (secondary N) is 8. The van der Waals surface area contributed by atoms with Crippen LogP contribution in [0.5, 0.6) is 0 Å². The Balaban J connectivity index is 0.704. The number of nitrogens with zero attached hydrogens (tertiary/aromatic N) is 3. The highest BCUT2D eigenvalue weighted by molar-refractivity contribution is 7.90. The van der Waals surface area contributed by atoms with Crippen molar-refractivity contribution in [3.63, 3.8) is 0 Å². The summed E-state index contributed by atoms with van der Waals surface area (Å²) in [6, 6.07) is 30.0. The number of carbonyl (C=O) groups is 5. The van der Waals surface area contributed by atoms with Crippen molar-refractivity contribution in [2.24, 2.45) is 0 Å².